The van der Waals surface area contributed by atoms with E-state index in [4.69, 9.17) is 0 Å². The van der Waals surface area contributed by atoms with E-state index in [9.17, 15) is 9.59 Å². The van der Waals surface area contributed by atoms with Gasteiger partial charge in [0, 0.05) is 13.0 Å². The average Bonchev–Trinajstić information content (AvgIpc) is 2.34. The Morgan fingerprint density at radius 1 is 1.42 bits per heavy atom. The lowest BCUT2D eigenvalue weighted by Crippen LogP contribution is -2.70. The Morgan fingerprint density at radius 2 is 2.05 bits per heavy atom. The van der Waals surface area contributed by atoms with Gasteiger partial charge in [-0.05, 0) is 26.2 Å². The molecular formula is C15H24N2O2. The van der Waals surface area contributed by atoms with E-state index in [-0.39, 0.29) is 23.8 Å². The molecule has 19 heavy (non-hydrogen) atoms. The monoisotopic (exact) mass is 264 g/mol. The summed E-state index contributed by atoms with van der Waals surface area (Å²) in [7, 11) is 0. The van der Waals surface area contributed by atoms with Gasteiger partial charge in [-0.3, -0.25) is 9.59 Å². The standard InChI is InChI=1S/C15H24N2O2/c1-6-8-9-10-17-12(11(3)4)13(18)16-15(5,7-2)14(17)19/h11-12H,7,9-10H2,1-5H3,(H,16,18). The number of hydrogen-bond donors (Lipinski definition) is 1. The van der Waals surface area contributed by atoms with Gasteiger partial charge in [-0.25, -0.2) is 0 Å². The summed E-state index contributed by atoms with van der Waals surface area (Å²) in [6.07, 6.45) is 1.21. The summed E-state index contributed by atoms with van der Waals surface area (Å²) in [5.74, 6) is 5.83. The SMILES string of the molecule is CC#CCCN1C(=O)C(C)(CC)NC(=O)C1C(C)C. The van der Waals surface area contributed by atoms with E-state index in [1.165, 1.54) is 0 Å². The molecule has 1 N–H and O–H groups in total. The minimum Gasteiger partial charge on any atom is -0.340 e. The Morgan fingerprint density at radius 3 is 2.53 bits per heavy atom. The van der Waals surface area contributed by atoms with Gasteiger partial charge in [0.05, 0.1) is 0 Å². The molecule has 0 aromatic rings. The molecule has 1 heterocycles. The van der Waals surface area contributed by atoms with Crippen molar-refractivity contribution < 1.29 is 9.59 Å². The molecular weight excluding hydrogens is 240 g/mol. The molecule has 1 fully saturated rings. The smallest absolute Gasteiger partial charge is 0.248 e. The van der Waals surface area contributed by atoms with Gasteiger partial charge in [-0.1, -0.05) is 20.8 Å². The topological polar surface area (TPSA) is 49.4 Å². The first-order chi connectivity index (χ1) is 8.87. The van der Waals surface area contributed by atoms with Crippen LogP contribution in [-0.2, 0) is 9.59 Å². The van der Waals surface area contributed by atoms with Crippen molar-refractivity contribution in [2.24, 2.45) is 5.92 Å². The second-order valence-electron chi connectivity index (χ2n) is 5.54. The summed E-state index contributed by atoms with van der Waals surface area (Å²) in [5, 5.41) is 2.88. The summed E-state index contributed by atoms with van der Waals surface area (Å²) in [4.78, 5) is 26.6. The molecule has 1 rings (SSSR count). The highest BCUT2D eigenvalue weighted by Gasteiger charge is 2.47. The zero-order valence-corrected chi connectivity index (χ0v) is 12.5. The van der Waals surface area contributed by atoms with Crippen LogP contribution in [0, 0.1) is 17.8 Å². The van der Waals surface area contributed by atoms with Crippen LogP contribution in [0.2, 0.25) is 0 Å². The van der Waals surface area contributed by atoms with Crippen LogP contribution in [0.15, 0.2) is 0 Å². The maximum atomic E-state index is 12.6. The zero-order valence-electron chi connectivity index (χ0n) is 12.5. The van der Waals surface area contributed by atoms with Crippen molar-refractivity contribution in [1.82, 2.24) is 10.2 Å². The summed E-state index contributed by atoms with van der Waals surface area (Å²) < 4.78 is 0. The molecule has 2 atom stereocenters. The summed E-state index contributed by atoms with van der Waals surface area (Å²) in [5.41, 5.74) is -0.776. The molecule has 1 aliphatic heterocycles. The summed E-state index contributed by atoms with van der Waals surface area (Å²) >= 11 is 0. The van der Waals surface area contributed by atoms with Crippen LogP contribution < -0.4 is 5.32 Å². The van der Waals surface area contributed by atoms with Gasteiger partial charge in [-0.2, -0.15) is 0 Å². The lowest BCUT2D eigenvalue weighted by molar-refractivity contribution is -0.156. The van der Waals surface area contributed by atoms with Crippen LogP contribution in [0.1, 0.15) is 47.5 Å². The first-order valence-corrected chi connectivity index (χ1v) is 6.90. The summed E-state index contributed by atoms with van der Waals surface area (Å²) in [6.45, 7) is 9.93. The molecule has 4 nitrogen and oxygen atoms in total. The van der Waals surface area contributed by atoms with Gasteiger partial charge in [0.15, 0.2) is 0 Å². The summed E-state index contributed by atoms with van der Waals surface area (Å²) in [6, 6.07) is -0.384. The van der Waals surface area contributed by atoms with Gasteiger partial charge >= 0.3 is 0 Å². The predicted octanol–water partition coefficient (Wildman–Crippen LogP) is 1.55. The Kier molecular flexibility index (Phi) is 4.99. The Balaban J connectivity index is 3.02. The van der Waals surface area contributed by atoms with E-state index in [1.807, 2.05) is 20.8 Å². The third kappa shape index (κ3) is 3.09. The third-order valence-electron chi connectivity index (χ3n) is 3.73. The average molecular weight is 264 g/mol. The van der Waals surface area contributed by atoms with Crippen molar-refractivity contribution >= 4 is 11.8 Å². The minimum absolute atomic E-state index is 0.00574. The molecule has 1 saturated heterocycles. The fraction of sp³-hybridized carbons (Fsp3) is 0.733. The Labute approximate surface area is 115 Å². The van der Waals surface area contributed by atoms with Gasteiger partial charge in [-0.15, -0.1) is 11.8 Å². The number of amides is 2. The number of nitrogens with zero attached hydrogens (tertiary/aromatic N) is 1. The number of carbonyl (C=O) groups excluding carboxylic acids is 2. The number of piperazine rings is 1. The zero-order chi connectivity index (χ0) is 14.6. The lowest BCUT2D eigenvalue weighted by Gasteiger charge is -2.45. The van der Waals surface area contributed by atoms with Crippen LogP contribution in [0.5, 0.6) is 0 Å². The van der Waals surface area contributed by atoms with Crippen LogP contribution in [-0.4, -0.2) is 34.8 Å². The fourth-order valence-electron chi connectivity index (χ4n) is 2.43. The normalized spacial score (nSPS) is 27.1. The third-order valence-corrected chi connectivity index (χ3v) is 3.73. The molecule has 0 aliphatic carbocycles. The molecule has 4 heteroatoms. The van der Waals surface area contributed by atoms with Crippen molar-refractivity contribution in [1.29, 1.82) is 0 Å². The first kappa shape index (κ1) is 15.6. The first-order valence-electron chi connectivity index (χ1n) is 6.90. The molecule has 106 valence electrons. The van der Waals surface area contributed by atoms with Gasteiger partial charge in [0.1, 0.15) is 11.6 Å². The highest BCUT2D eigenvalue weighted by atomic mass is 16.2. The van der Waals surface area contributed by atoms with Crippen LogP contribution in [0.3, 0.4) is 0 Å². The van der Waals surface area contributed by atoms with Crippen molar-refractivity contribution in [3.05, 3.63) is 0 Å². The largest absolute Gasteiger partial charge is 0.340 e. The molecule has 0 spiro atoms. The van der Waals surface area contributed by atoms with Crippen molar-refractivity contribution in [2.75, 3.05) is 6.54 Å². The van der Waals surface area contributed by atoms with E-state index in [0.29, 0.717) is 19.4 Å². The molecule has 0 radical (unpaired) electrons. The van der Waals surface area contributed by atoms with Crippen LogP contribution in [0.4, 0.5) is 0 Å². The second-order valence-corrected chi connectivity index (χ2v) is 5.54. The lowest BCUT2D eigenvalue weighted by atomic mass is 9.88. The van der Waals surface area contributed by atoms with Crippen molar-refractivity contribution in [3.8, 4) is 11.8 Å². The van der Waals surface area contributed by atoms with Crippen LogP contribution in [0.25, 0.3) is 0 Å². The highest BCUT2D eigenvalue weighted by molar-refractivity contribution is 5.99. The molecule has 1 aliphatic rings. The molecule has 2 amide bonds. The predicted molar refractivity (Wildman–Crippen MR) is 75.2 cm³/mol. The van der Waals surface area contributed by atoms with E-state index in [1.54, 1.807) is 18.7 Å². The Hall–Kier alpha value is -1.50. The van der Waals surface area contributed by atoms with Crippen molar-refractivity contribution in [3.63, 3.8) is 0 Å². The van der Waals surface area contributed by atoms with Gasteiger partial charge in [0.2, 0.25) is 11.8 Å². The fourth-order valence-corrected chi connectivity index (χ4v) is 2.43. The van der Waals surface area contributed by atoms with E-state index in [2.05, 4.69) is 17.2 Å². The highest BCUT2D eigenvalue weighted by Crippen LogP contribution is 2.25. The maximum absolute atomic E-state index is 12.6. The Bertz CT molecular complexity index is 420. The number of rotatable bonds is 4. The van der Waals surface area contributed by atoms with Gasteiger partial charge in [0.25, 0.3) is 0 Å². The number of nitrogens with one attached hydrogen (secondary N) is 1. The maximum Gasteiger partial charge on any atom is 0.248 e. The quantitative estimate of drug-likeness (QED) is 0.783. The van der Waals surface area contributed by atoms with Crippen molar-refractivity contribution in [2.45, 2.75) is 59.0 Å². The van der Waals surface area contributed by atoms with E-state index in [0.717, 1.165) is 0 Å². The molecule has 2 unspecified atom stereocenters. The molecule has 0 aromatic carbocycles. The molecule has 0 bridgehead atoms. The number of carbonyl (C=O) groups is 2. The number of hydrogen-bond acceptors (Lipinski definition) is 2. The second kappa shape index (κ2) is 6.10. The molecule has 0 aromatic heterocycles. The van der Waals surface area contributed by atoms with Gasteiger partial charge < -0.3 is 10.2 Å². The minimum atomic E-state index is -0.776. The van der Waals surface area contributed by atoms with E-state index < -0.39 is 5.54 Å². The molecule has 0 saturated carbocycles. The van der Waals surface area contributed by atoms with Crippen LogP contribution >= 0.6 is 0 Å². The van der Waals surface area contributed by atoms with E-state index >= 15 is 0 Å².